The van der Waals surface area contributed by atoms with Gasteiger partial charge in [0.05, 0.1) is 40.6 Å². The lowest BCUT2D eigenvalue weighted by Crippen LogP contribution is -2.48. The first kappa shape index (κ1) is 27.0. The minimum absolute atomic E-state index is 0.0618. The van der Waals surface area contributed by atoms with Crippen molar-refractivity contribution in [2.75, 3.05) is 25.5 Å². The number of aromatic nitrogens is 1. The topological polar surface area (TPSA) is 135 Å². The maximum absolute atomic E-state index is 13.4. The fourth-order valence-corrected chi connectivity index (χ4v) is 7.03. The molecule has 2 fully saturated rings. The fourth-order valence-electron chi connectivity index (χ4n) is 5.43. The second kappa shape index (κ2) is 11.3. The van der Waals surface area contributed by atoms with E-state index in [4.69, 9.17) is 9.47 Å². The van der Waals surface area contributed by atoms with Gasteiger partial charge in [-0.3, -0.25) is 19.8 Å². The Bertz CT molecular complexity index is 1470. The van der Waals surface area contributed by atoms with Gasteiger partial charge in [-0.25, -0.2) is 13.9 Å². The number of para-hydroxylation sites is 1. The van der Waals surface area contributed by atoms with Crippen molar-refractivity contribution in [1.82, 2.24) is 15.4 Å². The van der Waals surface area contributed by atoms with Crippen LogP contribution in [0.1, 0.15) is 24.1 Å². The summed E-state index contributed by atoms with van der Waals surface area (Å²) in [6, 6.07) is 15.0. The molecule has 1 aromatic heterocycles. The summed E-state index contributed by atoms with van der Waals surface area (Å²) in [5.41, 5.74) is 4.35. The average molecular weight is 554 g/mol. The number of carbonyl (C=O) groups is 2. The molecule has 0 radical (unpaired) electrons. The molecule has 2 amide bonds. The third kappa shape index (κ3) is 5.75. The van der Waals surface area contributed by atoms with Crippen molar-refractivity contribution in [2.24, 2.45) is 11.8 Å². The Balaban J connectivity index is 1.31. The Morgan fingerprint density at radius 3 is 2.64 bits per heavy atom. The molecule has 2 aromatic carbocycles. The van der Waals surface area contributed by atoms with Gasteiger partial charge < -0.3 is 14.4 Å². The monoisotopic (exact) mass is 553 g/mol. The van der Waals surface area contributed by atoms with E-state index < -0.39 is 33.5 Å². The van der Waals surface area contributed by atoms with E-state index in [-0.39, 0.29) is 42.9 Å². The number of likely N-dealkylation sites (tertiary alicyclic amines) is 1. The zero-order chi connectivity index (χ0) is 27.6. The lowest BCUT2D eigenvalue weighted by Gasteiger charge is -2.29. The third-order valence-electron chi connectivity index (χ3n) is 7.45. The molecule has 206 valence electrons. The zero-order valence-electron chi connectivity index (χ0n) is 21.6. The second-order valence-electron chi connectivity index (χ2n) is 10.0. The van der Waals surface area contributed by atoms with E-state index in [1.807, 2.05) is 37.3 Å². The van der Waals surface area contributed by atoms with E-state index >= 15 is 0 Å². The van der Waals surface area contributed by atoms with Gasteiger partial charge in [0, 0.05) is 29.8 Å². The van der Waals surface area contributed by atoms with E-state index in [0.29, 0.717) is 18.8 Å². The van der Waals surface area contributed by atoms with Crippen molar-refractivity contribution in [1.29, 1.82) is 0 Å². The van der Waals surface area contributed by atoms with Crippen LogP contribution in [-0.2, 0) is 30.8 Å². The van der Waals surface area contributed by atoms with Crippen LogP contribution in [0.3, 0.4) is 0 Å². The molecule has 5 rings (SSSR count). The molecule has 3 aromatic rings. The van der Waals surface area contributed by atoms with Crippen molar-refractivity contribution < 1.29 is 32.7 Å². The molecule has 0 spiro atoms. The van der Waals surface area contributed by atoms with Gasteiger partial charge in [-0.1, -0.05) is 18.2 Å². The highest BCUT2D eigenvalue weighted by Gasteiger charge is 2.45. The molecule has 3 heterocycles. The highest BCUT2D eigenvalue weighted by Crippen LogP contribution is 2.31. The number of nitrogens with one attached hydrogen (secondary N) is 1. The molecule has 2 aliphatic heterocycles. The first-order valence-electron chi connectivity index (χ1n) is 12.9. The largest absolute Gasteiger partial charge is 0.489 e. The maximum atomic E-state index is 13.4. The quantitative estimate of drug-likeness (QED) is 0.321. The standard InChI is InChI=1S/C28H31N3O7S/c1-18-14-20(23-4-2-3-5-25(23)29-18)16-38-21-6-8-22(9-7-21)39(35,36)17-26-24(27(32)30-34)10-12-31(26)28(33)19-11-13-37-15-19/h2-9,14,19,24,26,34H,10-13,15-17H2,1H3,(H,30,32)/t19?,24-,26-/m0/s1. The lowest BCUT2D eigenvalue weighted by atomic mass is 10.0. The van der Waals surface area contributed by atoms with E-state index in [9.17, 15) is 23.2 Å². The number of fused-ring (bicyclic) bond motifs is 1. The number of amides is 2. The Morgan fingerprint density at radius 1 is 1.15 bits per heavy atom. The van der Waals surface area contributed by atoms with Crippen LogP contribution in [0.4, 0.5) is 0 Å². The Morgan fingerprint density at radius 2 is 1.92 bits per heavy atom. The number of pyridine rings is 1. The average Bonchev–Trinajstić information content (AvgIpc) is 3.62. The number of carbonyl (C=O) groups excluding carboxylic acids is 2. The van der Waals surface area contributed by atoms with Gasteiger partial charge in [0.1, 0.15) is 12.4 Å². The summed E-state index contributed by atoms with van der Waals surface area (Å²) in [5.74, 6) is -2.04. The Kier molecular flexibility index (Phi) is 7.83. The van der Waals surface area contributed by atoms with Crippen LogP contribution in [0.2, 0.25) is 0 Å². The van der Waals surface area contributed by atoms with Gasteiger partial charge in [-0.2, -0.15) is 0 Å². The molecule has 0 aliphatic carbocycles. The number of aryl methyl sites for hydroxylation is 1. The molecule has 39 heavy (non-hydrogen) atoms. The number of sulfone groups is 1. The van der Waals surface area contributed by atoms with Gasteiger partial charge in [0.25, 0.3) is 0 Å². The number of ether oxygens (including phenoxy) is 2. The molecular formula is C28H31N3O7S. The van der Waals surface area contributed by atoms with Gasteiger partial charge in [-0.05, 0) is 56.2 Å². The van der Waals surface area contributed by atoms with Gasteiger partial charge in [0.15, 0.2) is 9.84 Å². The summed E-state index contributed by atoms with van der Waals surface area (Å²) >= 11 is 0. The van der Waals surface area contributed by atoms with Crippen molar-refractivity contribution in [2.45, 2.75) is 37.3 Å². The first-order chi connectivity index (χ1) is 18.8. The normalized spacial score (nSPS) is 21.3. The minimum atomic E-state index is -3.88. The first-order valence-corrected chi connectivity index (χ1v) is 14.5. The lowest BCUT2D eigenvalue weighted by molar-refractivity contribution is -0.138. The predicted octanol–water partition coefficient (Wildman–Crippen LogP) is 2.65. The van der Waals surface area contributed by atoms with E-state index in [0.717, 1.165) is 22.2 Å². The SMILES string of the molecule is Cc1cc(COc2ccc(S(=O)(=O)C[C@H]3[C@@H](C(=O)NO)CCN3C(=O)C3CCOC3)cc2)c2ccccc2n1. The molecule has 10 nitrogen and oxygen atoms in total. The van der Waals surface area contributed by atoms with E-state index in [2.05, 4.69) is 4.98 Å². The van der Waals surface area contributed by atoms with Crippen LogP contribution in [-0.4, -0.2) is 66.9 Å². The number of benzene rings is 2. The minimum Gasteiger partial charge on any atom is -0.489 e. The van der Waals surface area contributed by atoms with Crippen molar-refractivity contribution in [3.63, 3.8) is 0 Å². The summed E-state index contributed by atoms with van der Waals surface area (Å²) in [4.78, 5) is 31.5. The summed E-state index contributed by atoms with van der Waals surface area (Å²) in [6.45, 7) is 3.20. The summed E-state index contributed by atoms with van der Waals surface area (Å²) < 4.78 is 38.1. The molecule has 1 unspecified atom stereocenters. The van der Waals surface area contributed by atoms with Crippen LogP contribution in [0.15, 0.2) is 59.5 Å². The highest BCUT2D eigenvalue weighted by molar-refractivity contribution is 7.91. The van der Waals surface area contributed by atoms with Crippen LogP contribution >= 0.6 is 0 Å². The fraction of sp³-hybridized carbons (Fsp3) is 0.393. The molecule has 2 aliphatic rings. The number of hydrogen-bond acceptors (Lipinski definition) is 8. The van der Waals surface area contributed by atoms with Gasteiger partial charge in [-0.15, -0.1) is 0 Å². The van der Waals surface area contributed by atoms with Crippen LogP contribution in [0.5, 0.6) is 5.75 Å². The predicted molar refractivity (Wildman–Crippen MR) is 142 cm³/mol. The molecule has 3 atom stereocenters. The maximum Gasteiger partial charge on any atom is 0.248 e. The molecule has 0 bridgehead atoms. The molecular weight excluding hydrogens is 522 g/mol. The van der Waals surface area contributed by atoms with E-state index in [1.54, 1.807) is 17.6 Å². The van der Waals surface area contributed by atoms with Gasteiger partial charge in [0.2, 0.25) is 11.8 Å². The Labute approximate surface area is 226 Å². The van der Waals surface area contributed by atoms with Crippen LogP contribution in [0.25, 0.3) is 10.9 Å². The third-order valence-corrected chi connectivity index (χ3v) is 9.22. The zero-order valence-corrected chi connectivity index (χ0v) is 22.4. The van der Waals surface area contributed by atoms with Crippen molar-refractivity contribution in [3.05, 3.63) is 65.9 Å². The molecule has 2 N–H and O–H groups in total. The smallest absolute Gasteiger partial charge is 0.248 e. The number of rotatable bonds is 8. The number of nitrogens with zero attached hydrogens (tertiary/aromatic N) is 2. The molecule has 2 saturated heterocycles. The summed E-state index contributed by atoms with van der Waals surface area (Å²) in [5, 5.41) is 10.2. The summed E-state index contributed by atoms with van der Waals surface area (Å²) in [6.07, 6.45) is 0.823. The molecule has 11 heteroatoms. The van der Waals surface area contributed by atoms with Crippen molar-refractivity contribution >= 4 is 32.6 Å². The van der Waals surface area contributed by atoms with Crippen molar-refractivity contribution in [3.8, 4) is 5.75 Å². The number of hydroxylamine groups is 1. The van der Waals surface area contributed by atoms with Crippen LogP contribution < -0.4 is 10.2 Å². The Hall–Kier alpha value is -3.54. The van der Waals surface area contributed by atoms with Crippen LogP contribution in [0, 0.1) is 18.8 Å². The second-order valence-corrected chi connectivity index (χ2v) is 12.0. The highest BCUT2D eigenvalue weighted by atomic mass is 32.2. The summed E-state index contributed by atoms with van der Waals surface area (Å²) in [7, 11) is -3.88. The van der Waals surface area contributed by atoms with E-state index in [1.165, 1.54) is 17.0 Å². The van der Waals surface area contributed by atoms with Gasteiger partial charge >= 0.3 is 0 Å². The number of hydrogen-bond donors (Lipinski definition) is 2. The molecule has 0 saturated carbocycles.